The Morgan fingerprint density at radius 3 is 2.43 bits per heavy atom. The van der Waals surface area contributed by atoms with Gasteiger partial charge in [0.1, 0.15) is 17.5 Å². The molecule has 1 unspecified atom stereocenters. The zero-order valence-electron chi connectivity index (χ0n) is 13.4. The Labute approximate surface area is 126 Å². The number of piperazine rings is 1. The minimum atomic E-state index is -0.429. The fraction of sp³-hybridized carbons (Fsp3) is 0.625. The first-order chi connectivity index (χ1) is 9.87. The molecular formula is C16H25N3O2. The average Bonchev–Trinajstić information content (AvgIpc) is 2.46. The number of carbonyl (C=O) groups excluding carboxylic acids is 1. The van der Waals surface area contributed by atoms with Crippen LogP contribution >= 0.6 is 0 Å². The minimum Gasteiger partial charge on any atom is -0.459 e. The van der Waals surface area contributed by atoms with Crippen LogP contribution in [-0.4, -0.2) is 53.7 Å². The molecule has 1 aliphatic rings. The number of carbonyl (C=O) groups is 1. The molecule has 1 aliphatic heterocycles. The molecule has 0 saturated carbocycles. The highest BCUT2D eigenvalue weighted by atomic mass is 16.6. The normalized spacial score (nSPS) is 18.4. The van der Waals surface area contributed by atoms with Gasteiger partial charge in [0.05, 0.1) is 0 Å². The van der Waals surface area contributed by atoms with Crippen molar-refractivity contribution in [2.24, 2.45) is 0 Å². The van der Waals surface area contributed by atoms with Crippen molar-refractivity contribution >= 4 is 11.8 Å². The van der Waals surface area contributed by atoms with Crippen molar-refractivity contribution in [2.45, 2.75) is 39.3 Å². The first kappa shape index (κ1) is 15.8. The van der Waals surface area contributed by atoms with Crippen molar-refractivity contribution < 1.29 is 9.53 Å². The van der Waals surface area contributed by atoms with Crippen LogP contribution in [0.2, 0.25) is 0 Å². The molecule has 0 spiro atoms. The van der Waals surface area contributed by atoms with Gasteiger partial charge in [-0.3, -0.25) is 9.69 Å². The fourth-order valence-corrected chi connectivity index (χ4v) is 2.42. The van der Waals surface area contributed by atoms with E-state index in [1.54, 1.807) is 0 Å². The third-order valence-corrected chi connectivity index (χ3v) is 3.58. The summed E-state index contributed by atoms with van der Waals surface area (Å²) in [6, 6.07) is 5.74. The van der Waals surface area contributed by atoms with E-state index in [2.05, 4.69) is 14.8 Å². The van der Waals surface area contributed by atoms with E-state index < -0.39 is 5.60 Å². The summed E-state index contributed by atoms with van der Waals surface area (Å²) >= 11 is 0. The first-order valence-corrected chi connectivity index (χ1v) is 7.50. The summed E-state index contributed by atoms with van der Waals surface area (Å²) in [5.41, 5.74) is -0.429. The summed E-state index contributed by atoms with van der Waals surface area (Å²) in [6.07, 6.45) is 1.81. The van der Waals surface area contributed by atoms with Crippen LogP contribution in [0, 0.1) is 0 Å². The molecule has 21 heavy (non-hydrogen) atoms. The number of anilines is 1. The lowest BCUT2D eigenvalue weighted by Gasteiger charge is -2.38. The maximum atomic E-state index is 12.1. The zero-order chi connectivity index (χ0) is 15.5. The van der Waals surface area contributed by atoms with Crippen molar-refractivity contribution in [3.8, 4) is 0 Å². The van der Waals surface area contributed by atoms with E-state index in [1.807, 2.05) is 52.1 Å². The van der Waals surface area contributed by atoms with Gasteiger partial charge in [-0.2, -0.15) is 0 Å². The maximum absolute atomic E-state index is 12.1. The summed E-state index contributed by atoms with van der Waals surface area (Å²) in [7, 11) is 0. The highest BCUT2D eigenvalue weighted by Crippen LogP contribution is 2.16. The second-order valence-corrected chi connectivity index (χ2v) is 6.42. The quantitative estimate of drug-likeness (QED) is 0.796. The van der Waals surface area contributed by atoms with Gasteiger partial charge >= 0.3 is 5.97 Å². The second-order valence-electron chi connectivity index (χ2n) is 6.42. The highest BCUT2D eigenvalue weighted by molar-refractivity contribution is 5.75. The second kappa shape index (κ2) is 6.43. The molecule has 0 radical (unpaired) electrons. The monoisotopic (exact) mass is 291 g/mol. The van der Waals surface area contributed by atoms with E-state index in [0.717, 1.165) is 32.0 Å². The van der Waals surface area contributed by atoms with E-state index in [4.69, 9.17) is 4.74 Å². The van der Waals surface area contributed by atoms with Crippen molar-refractivity contribution in [1.29, 1.82) is 0 Å². The molecule has 0 aromatic carbocycles. The van der Waals surface area contributed by atoms with Crippen LogP contribution in [0.25, 0.3) is 0 Å². The number of pyridine rings is 1. The number of aromatic nitrogens is 1. The van der Waals surface area contributed by atoms with E-state index in [1.165, 1.54) is 0 Å². The molecule has 5 nitrogen and oxygen atoms in total. The molecule has 1 atom stereocenters. The molecule has 116 valence electrons. The number of nitrogens with zero attached hydrogens (tertiary/aromatic N) is 3. The predicted molar refractivity (Wildman–Crippen MR) is 83.3 cm³/mol. The molecule has 1 aromatic rings. The maximum Gasteiger partial charge on any atom is 0.323 e. The lowest BCUT2D eigenvalue weighted by Crippen LogP contribution is -2.52. The van der Waals surface area contributed by atoms with Crippen molar-refractivity contribution in [1.82, 2.24) is 9.88 Å². The number of ether oxygens (including phenoxy) is 1. The van der Waals surface area contributed by atoms with Crippen LogP contribution in [0.15, 0.2) is 24.4 Å². The summed E-state index contributed by atoms with van der Waals surface area (Å²) < 4.78 is 5.46. The SMILES string of the molecule is CC(C(=O)OC(C)(C)C)N1CCN(c2ccccn2)CC1. The Balaban J connectivity index is 1.87. The van der Waals surface area contributed by atoms with Crippen LogP contribution < -0.4 is 4.90 Å². The van der Waals surface area contributed by atoms with Gasteiger partial charge in [-0.25, -0.2) is 4.98 Å². The van der Waals surface area contributed by atoms with E-state index in [-0.39, 0.29) is 12.0 Å². The Morgan fingerprint density at radius 2 is 1.90 bits per heavy atom. The largest absolute Gasteiger partial charge is 0.459 e. The van der Waals surface area contributed by atoms with Gasteiger partial charge in [-0.15, -0.1) is 0 Å². The van der Waals surface area contributed by atoms with Crippen LogP contribution in [0.5, 0.6) is 0 Å². The minimum absolute atomic E-state index is 0.145. The first-order valence-electron chi connectivity index (χ1n) is 7.50. The lowest BCUT2D eigenvalue weighted by molar-refractivity contribution is -0.160. The summed E-state index contributed by atoms with van der Waals surface area (Å²) in [4.78, 5) is 20.9. The van der Waals surface area contributed by atoms with Gasteiger partial charge < -0.3 is 9.64 Å². The van der Waals surface area contributed by atoms with Gasteiger partial charge in [0, 0.05) is 32.4 Å². The predicted octanol–water partition coefficient (Wildman–Crippen LogP) is 1.93. The molecule has 5 heteroatoms. The molecule has 2 rings (SSSR count). The molecular weight excluding hydrogens is 266 g/mol. The highest BCUT2D eigenvalue weighted by Gasteiger charge is 2.29. The smallest absolute Gasteiger partial charge is 0.323 e. The van der Waals surface area contributed by atoms with Crippen molar-refractivity contribution in [3.05, 3.63) is 24.4 Å². The molecule has 1 aromatic heterocycles. The van der Waals surface area contributed by atoms with Crippen LogP contribution in [0.4, 0.5) is 5.82 Å². The molecule has 1 saturated heterocycles. The van der Waals surface area contributed by atoms with Gasteiger partial charge in [-0.1, -0.05) is 6.07 Å². The van der Waals surface area contributed by atoms with Crippen LogP contribution in [0.3, 0.4) is 0 Å². The molecule has 0 aliphatic carbocycles. The van der Waals surface area contributed by atoms with Crippen molar-refractivity contribution in [2.75, 3.05) is 31.1 Å². The Hall–Kier alpha value is -1.62. The topological polar surface area (TPSA) is 45.7 Å². The zero-order valence-corrected chi connectivity index (χ0v) is 13.4. The lowest BCUT2D eigenvalue weighted by atomic mass is 10.1. The van der Waals surface area contributed by atoms with E-state index in [0.29, 0.717) is 0 Å². The molecule has 0 bridgehead atoms. The van der Waals surface area contributed by atoms with Gasteiger partial charge in [-0.05, 0) is 39.8 Å². The standard InChI is InChI=1S/C16H25N3O2/c1-13(15(20)21-16(2,3)4)18-9-11-19(12-10-18)14-7-5-6-8-17-14/h5-8,13H,9-12H2,1-4H3. The molecule has 2 heterocycles. The van der Waals surface area contributed by atoms with Crippen molar-refractivity contribution in [3.63, 3.8) is 0 Å². The third-order valence-electron chi connectivity index (χ3n) is 3.58. The summed E-state index contributed by atoms with van der Waals surface area (Å²) in [5.74, 6) is 0.857. The summed E-state index contributed by atoms with van der Waals surface area (Å²) in [5, 5.41) is 0. The number of rotatable bonds is 3. The van der Waals surface area contributed by atoms with E-state index >= 15 is 0 Å². The third kappa shape index (κ3) is 4.43. The number of hydrogen-bond acceptors (Lipinski definition) is 5. The molecule has 0 N–H and O–H groups in total. The Morgan fingerprint density at radius 1 is 1.24 bits per heavy atom. The summed E-state index contributed by atoms with van der Waals surface area (Å²) in [6.45, 7) is 11.1. The number of esters is 1. The Kier molecular flexibility index (Phi) is 4.83. The Bertz CT molecular complexity index is 462. The van der Waals surface area contributed by atoms with Gasteiger partial charge in [0.15, 0.2) is 0 Å². The van der Waals surface area contributed by atoms with Gasteiger partial charge in [0.25, 0.3) is 0 Å². The van der Waals surface area contributed by atoms with Crippen LogP contribution in [-0.2, 0) is 9.53 Å². The van der Waals surface area contributed by atoms with E-state index in [9.17, 15) is 4.79 Å². The number of hydrogen-bond donors (Lipinski definition) is 0. The molecule has 0 amide bonds. The van der Waals surface area contributed by atoms with Gasteiger partial charge in [0.2, 0.25) is 0 Å². The molecule has 1 fully saturated rings. The van der Waals surface area contributed by atoms with Crippen LogP contribution in [0.1, 0.15) is 27.7 Å². The average molecular weight is 291 g/mol. The fourth-order valence-electron chi connectivity index (χ4n) is 2.42.